The van der Waals surface area contributed by atoms with Crippen molar-refractivity contribution in [3.8, 4) is 5.88 Å². The van der Waals surface area contributed by atoms with Crippen molar-refractivity contribution in [2.45, 2.75) is 45.2 Å². The first-order valence-electron chi connectivity index (χ1n) is 9.93. The molecule has 3 rings (SSSR count). The molecule has 0 aromatic carbocycles. The van der Waals surface area contributed by atoms with Crippen LogP contribution in [0.4, 0.5) is 0 Å². The summed E-state index contributed by atoms with van der Waals surface area (Å²) in [5.74, 6) is 2.40. The number of nitrogens with zero attached hydrogens (tertiary/aromatic N) is 4. The van der Waals surface area contributed by atoms with E-state index < -0.39 is 0 Å². The van der Waals surface area contributed by atoms with E-state index in [0.717, 1.165) is 49.6 Å². The van der Waals surface area contributed by atoms with E-state index in [4.69, 9.17) is 4.74 Å². The van der Waals surface area contributed by atoms with Gasteiger partial charge in [-0.15, -0.1) is 0 Å². The number of guanidine groups is 1. The number of rotatable bonds is 8. The van der Waals surface area contributed by atoms with Crippen LogP contribution in [0.25, 0.3) is 0 Å². The van der Waals surface area contributed by atoms with Crippen molar-refractivity contribution in [2.75, 3.05) is 40.3 Å². The SMILES string of the molecule is CCN1CCCC1CN(C)C(=NC)NCc1ccnc(OCC2CC2)c1. The third kappa shape index (κ3) is 5.34. The first kappa shape index (κ1) is 19.0. The summed E-state index contributed by atoms with van der Waals surface area (Å²) in [6.45, 7) is 7.13. The van der Waals surface area contributed by atoms with Crippen molar-refractivity contribution >= 4 is 5.96 Å². The Morgan fingerprint density at radius 1 is 1.42 bits per heavy atom. The van der Waals surface area contributed by atoms with Gasteiger partial charge in [0.2, 0.25) is 5.88 Å². The fraction of sp³-hybridized carbons (Fsp3) is 0.700. The predicted octanol–water partition coefficient (Wildman–Crippen LogP) is 2.36. The Kier molecular flexibility index (Phi) is 6.72. The molecule has 2 fully saturated rings. The van der Waals surface area contributed by atoms with E-state index in [1.165, 1.54) is 32.2 Å². The van der Waals surface area contributed by atoms with Crippen LogP contribution < -0.4 is 10.1 Å². The molecule has 1 saturated heterocycles. The van der Waals surface area contributed by atoms with Gasteiger partial charge < -0.3 is 15.0 Å². The number of aromatic nitrogens is 1. The van der Waals surface area contributed by atoms with E-state index in [1.54, 1.807) is 0 Å². The van der Waals surface area contributed by atoms with E-state index in [0.29, 0.717) is 6.04 Å². The van der Waals surface area contributed by atoms with E-state index >= 15 is 0 Å². The summed E-state index contributed by atoms with van der Waals surface area (Å²) in [5.41, 5.74) is 1.16. The maximum absolute atomic E-state index is 5.78. The summed E-state index contributed by atoms with van der Waals surface area (Å²) < 4.78 is 5.78. The van der Waals surface area contributed by atoms with Gasteiger partial charge in [0, 0.05) is 45.5 Å². The molecular weight excluding hydrogens is 326 g/mol. The van der Waals surface area contributed by atoms with E-state index in [9.17, 15) is 0 Å². The lowest BCUT2D eigenvalue weighted by Gasteiger charge is -2.29. The molecule has 144 valence electrons. The van der Waals surface area contributed by atoms with E-state index in [-0.39, 0.29) is 0 Å². The Balaban J connectivity index is 1.49. The van der Waals surface area contributed by atoms with Crippen LogP contribution in [0.5, 0.6) is 5.88 Å². The number of pyridine rings is 1. The van der Waals surface area contributed by atoms with E-state index in [2.05, 4.69) is 39.1 Å². The standard InChI is InChI=1S/C20H33N5O/c1-4-25-11-5-6-18(25)14-24(3)20(21-2)23-13-17-9-10-22-19(12-17)26-15-16-7-8-16/h9-10,12,16,18H,4-8,11,13-15H2,1-3H3,(H,21,23). The van der Waals surface area contributed by atoms with Crippen molar-refractivity contribution < 1.29 is 4.74 Å². The number of ether oxygens (including phenoxy) is 1. The normalized spacial score (nSPS) is 21.0. The summed E-state index contributed by atoms with van der Waals surface area (Å²) in [6, 6.07) is 4.69. The predicted molar refractivity (Wildman–Crippen MR) is 106 cm³/mol. The zero-order valence-corrected chi connectivity index (χ0v) is 16.4. The first-order valence-corrected chi connectivity index (χ1v) is 9.93. The van der Waals surface area contributed by atoms with Crippen molar-refractivity contribution in [2.24, 2.45) is 10.9 Å². The molecule has 1 aliphatic heterocycles. The lowest BCUT2D eigenvalue weighted by atomic mass is 10.2. The molecule has 1 aliphatic carbocycles. The van der Waals surface area contributed by atoms with Gasteiger partial charge in [-0.2, -0.15) is 0 Å². The maximum Gasteiger partial charge on any atom is 0.213 e. The molecule has 2 aliphatic rings. The molecule has 1 N–H and O–H groups in total. The average molecular weight is 360 g/mol. The molecule has 1 aromatic heterocycles. The molecule has 6 nitrogen and oxygen atoms in total. The first-order chi connectivity index (χ1) is 12.7. The second kappa shape index (κ2) is 9.21. The van der Waals surface area contributed by atoms with Gasteiger partial charge >= 0.3 is 0 Å². The summed E-state index contributed by atoms with van der Waals surface area (Å²) in [7, 11) is 3.97. The van der Waals surface area contributed by atoms with Gasteiger partial charge in [0.15, 0.2) is 5.96 Å². The monoisotopic (exact) mass is 359 g/mol. The van der Waals surface area contributed by atoms with Crippen LogP contribution in [0, 0.1) is 5.92 Å². The van der Waals surface area contributed by atoms with Gasteiger partial charge in [-0.3, -0.25) is 9.89 Å². The van der Waals surface area contributed by atoms with Crippen molar-refractivity contribution in [3.63, 3.8) is 0 Å². The zero-order chi connectivity index (χ0) is 18.4. The van der Waals surface area contributed by atoms with Crippen molar-refractivity contribution in [1.29, 1.82) is 0 Å². The third-order valence-corrected chi connectivity index (χ3v) is 5.38. The van der Waals surface area contributed by atoms with Crippen LogP contribution in [-0.4, -0.2) is 67.1 Å². The molecule has 1 aromatic rings. The molecule has 2 heterocycles. The zero-order valence-electron chi connectivity index (χ0n) is 16.4. The minimum Gasteiger partial charge on any atom is -0.477 e. The van der Waals surface area contributed by atoms with Gasteiger partial charge in [-0.25, -0.2) is 4.98 Å². The molecular formula is C20H33N5O. The minimum atomic E-state index is 0.631. The highest BCUT2D eigenvalue weighted by atomic mass is 16.5. The second-order valence-corrected chi connectivity index (χ2v) is 7.46. The number of hydrogen-bond donors (Lipinski definition) is 1. The van der Waals surface area contributed by atoms with Crippen LogP contribution in [0.2, 0.25) is 0 Å². The Morgan fingerprint density at radius 3 is 3.00 bits per heavy atom. The summed E-state index contributed by atoms with van der Waals surface area (Å²) in [6.07, 6.45) is 6.99. The molecule has 1 atom stereocenters. The number of aliphatic imine (C=N–C) groups is 1. The average Bonchev–Trinajstić information content (AvgIpc) is 3.38. The molecule has 26 heavy (non-hydrogen) atoms. The molecule has 6 heteroatoms. The fourth-order valence-corrected chi connectivity index (χ4v) is 3.61. The summed E-state index contributed by atoms with van der Waals surface area (Å²) >= 11 is 0. The number of likely N-dealkylation sites (N-methyl/N-ethyl adjacent to an activating group) is 2. The largest absolute Gasteiger partial charge is 0.477 e. The highest BCUT2D eigenvalue weighted by Crippen LogP contribution is 2.29. The Bertz CT molecular complexity index is 602. The topological polar surface area (TPSA) is 53.0 Å². The van der Waals surface area contributed by atoms with Gasteiger partial charge in [-0.1, -0.05) is 6.92 Å². The molecule has 1 saturated carbocycles. The highest BCUT2D eigenvalue weighted by Gasteiger charge is 2.25. The lowest BCUT2D eigenvalue weighted by molar-refractivity contribution is 0.232. The third-order valence-electron chi connectivity index (χ3n) is 5.38. The minimum absolute atomic E-state index is 0.631. The van der Waals surface area contributed by atoms with Crippen molar-refractivity contribution in [3.05, 3.63) is 23.9 Å². The maximum atomic E-state index is 5.78. The fourth-order valence-electron chi connectivity index (χ4n) is 3.61. The quantitative estimate of drug-likeness (QED) is 0.570. The number of nitrogens with one attached hydrogen (secondary N) is 1. The van der Waals surface area contributed by atoms with E-state index in [1.807, 2.05) is 25.4 Å². The number of likely N-dealkylation sites (tertiary alicyclic amines) is 1. The van der Waals surface area contributed by atoms with Gasteiger partial charge in [0.25, 0.3) is 0 Å². The molecule has 0 radical (unpaired) electrons. The Labute approximate surface area is 157 Å². The van der Waals surface area contributed by atoms with Crippen LogP contribution in [0.1, 0.15) is 38.2 Å². The van der Waals surface area contributed by atoms with Gasteiger partial charge in [-0.05, 0) is 56.3 Å². The van der Waals surface area contributed by atoms with Crippen molar-refractivity contribution in [1.82, 2.24) is 20.1 Å². The number of hydrogen-bond acceptors (Lipinski definition) is 4. The smallest absolute Gasteiger partial charge is 0.213 e. The highest BCUT2D eigenvalue weighted by molar-refractivity contribution is 5.79. The second-order valence-electron chi connectivity index (χ2n) is 7.46. The lowest BCUT2D eigenvalue weighted by Crippen LogP contribution is -2.45. The Hall–Kier alpha value is -1.82. The van der Waals surface area contributed by atoms with Gasteiger partial charge in [0.05, 0.1) is 6.61 Å². The van der Waals surface area contributed by atoms with Crippen LogP contribution >= 0.6 is 0 Å². The van der Waals surface area contributed by atoms with Crippen LogP contribution in [-0.2, 0) is 6.54 Å². The van der Waals surface area contributed by atoms with Gasteiger partial charge in [0.1, 0.15) is 0 Å². The van der Waals surface area contributed by atoms with Crippen LogP contribution in [0.15, 0.2) is 23.3 Å². The molecule has 0 amide bonds. The Morgan fingerprint density at radius 2 is 2.27 bits per heavy atom. The van der Waals surface area contributed by atoms with Crippen LogP contribution in [0.3, 0.4) is 0 Å². The summed E-state index contributed by atoms with van der Waals surface area (Å²) in [4.78, 5) is 13.6. The molecule has 1 unspecified atom stereocenters. The molecule has 0 bridgehead atoms. The summed E-state index contributed by atoms with van der Waals surface area (Å²) in [5, 5.41) is 3.47. The molecule has 0 spiro atoms.